The van der Waals surface area contributed by atoms with Crippen molar-refractivity contribution in [3.63, 3.8) is 0 Å². The van der Waals surface area contributed by atoms with Crippen molar-refractivity contribution in [1.29, 1.82) is 0 Å². The molecule has 0 spiro atoms. The van der Waals surface area contributed by atoms with Crippen LogP contribution in [0.15, 0.2) is 23.0 Å². The van der Waals surface area contributed by atoms with Gasteiger partial charge in [0, 0.05) is 5.56 Å². The van der Waals surface area contributed by atoms with Crippen LogP contribution in [0.3, 0.4) is 0 Å². The van der Waals surface area contributed by atoms with Gasteiger partial charge in [0.1, 0.15) is 29.2 Å². The normalized spacial score (nSPS) is 11.6. The lowest BCUT2D eigenvalue weighted by molar-refractivity contribution is -0.155. The van der Waals surface area contributed by atoms with E-state index in [1.54, 1.807) is 39.0 Å². The van der Waals surface area contributed by atoms with Crippen LogP contribution in [0.2, 0.25) is 0 Å². The fourth-order valence-electron chi connectivity index (χ4n) is 3.40. The number of ether oxygens (including phenoxy) is 2. The molecule has 0 amide bonds. The first-order valence-corrected chi connectivity index (χ1v) is 11.0. The number of carbonyl (C=O) groups is 2. The van der Waals surface area contributed by atoms with Crippen molar-refractivity contribution in [2.24, 2.45) is 0 Å². The van der Waals surface area contributed by atoms with Crippen LogP contribution in [-0.4, -0.2) is 43.7 Å². The summed E-state index contributed by atoms with van der Waals surface area (Å²) in [5, 5.41) is 4.44. The quantitative estimate of drug-likeness (QED) is 0.408. The summed E-state index contributed by atoms with van der Waals surface area (Å²) in [6.07, 6.45) is 1.31. The number of aromatic amines is 1. The standard InChI is InChI=1S/C24H30N4O5/c1-7-11-32-18-10-9-15(14(3)29)12-16(18)22-25-20-17(8-2)27-28(21(20)23(31)26-22)13-19(30)33-24(4,5)6/h9-10,12H,7-8,11,13H2,1-6H3,(H,25,26,31). The molecule has 9 nitrogen and oxygen atoms in total. The molecule has 33 heavy (non-hydrogen) atoms. The van der Waals surface area contributed by atoms with E-state index >= 15 is 0 Å². The van der Waals surface area contributed by atoms with Gasteiger partial charge in [0.25, 0.3) is 5.56 Å². The monoisotopic (exact) mass is 454 g/mol. The zero-order valence-corrected chi connectivity index (χ0v) is 19.9. The smallest absolute Gasteiger partial charge is 0.328 e. The van der Waals surface area contributed by atoms with E-state index in [0.29, 0.717) is 41.1 Å². The first-order valence-electron chi connectivity index (χ1n) is 11.0. The fourth-order valence-corrected chi connectivity index (χ4v) is 3.40. The van der Waals surface area contributed by atoms with E-state index < -0.39 is 17.1 Å². The van der Waals surface area contributed by atoms with Gasteiger partial charge in [0.15, 0.2) is 11.3 Å². The second-order valence-corrected chi connectivity index (χ2v) is 8.77. The maximum atomic E-state index is 13.1. The Morgan fingerprint density at radius 2 is 1.91 bits per heavy atom. The van der Waals surface area contributed by atoms with Crippen LogP contribution in [0.4, 0.5) is 0 Å². The third-order valence-corrected chi connectivity index (χ3v) is 4.80. The number of hydrogen-bond donors (Lipinski definition) is 1. The van der Waals surface area contributed by atoms with E-state index in [4.69, 9.17) is 9.47 Å². The number of nitrogens with zero attached hydrogens (tertiary/aromatic N) is 3. The first-order chi connectivity index (χ1) is 15.5. The molecule has 3 rings (SSSR count). The van der Waals surface area contributed by atoms with E-state index in [0.717, 1.165) is 6.42 Å². The number of Topliss-reactive ketones (excluding diaryl/α,β-unsaturated/α-hetero) is 1. The highest BCUT2D eigenvalue weighted by Crippen LogP contribution is 2.30. The van der Waals surface area contributed by atoms with Crippen LogP contribution in [0, 0.1) is 0 Å². The summed E-state index contributed by atoms with van der Waals surface area (Å²) in [4.78, 5) is 44.9. The zero-order chi connectivity index (χ0) is 24.3. The van der Waals surface area contributed by atoms with Crippen LogP contribution in [0.1, 0.15) is 64.0 Å². The Bertz CT molecular complexity index is 1250. The molecule has 1 aromatic carbocycles. The summed E-state index contributed by atoms with van der Waals surface area (Å²) < 4.78 is 12.5. The summed E-state index contributed by atoms with van der Waals surface area (Å²) in [5.74, 6) is 0.181. The third kappa shape index (κ3) is 5.47. The van der Waals surface area contributed by atoms with E-state index in [1.165, 1.54) is 11.6 Å². The molecule has 1 N–H and O–H groups in total. The summed E-state index contributed by atoms with van der Waals surface area (Å²) in [7, 11) is 0. The number of H-pyrrole nitrogens is 1. The lowest BCUT2D eigenvalue weighted by Gasteiger charge is -2.19. The van der Waals surface area contributed by atoms with Crippen LogP contribution < -0.4 is 10.3 Å². The van der Waals surface area contributed by atoms with Gasteiger partial charge in [-0.2, -0.15) is 5.10 Å². The molecular weight excluding hydrogens is 424 g/mol. The highest BCUT2D eigenvalue weighted by Gasteiger charge is 2.22. The number of carbonyl (C=O) groups excluding carboxylic acids is 2. The van der Waals surface area contributed by atoms with Crippen molar-refractivity contribution in [1.82, 2.24) is 19.7 Å². The lowest BCUT2D eigenvalue weighted by Crippen LogP contribution is -2.27. The van der Waals surface area contributed by atoms with Crippen molar-refractivity contribution < 1.29 is 19.1 Å². The van der Waals surface area contributed by atoms with Gasteiger partial charge in [-0.3, -0.25) is 14.4 Å². The average Bonchev–Trinajstić information content (AvgIpc) is 3.08. The summed E-state index contributed by atoms with van der Waals surface area (Å²) >= 11 is 0. The van der Waals surface area contributed by atoms with E-state index in [9.17, 15) is 14.4 Å². The lowest BCUT2D eigenvalue weighted by atomic mass is 10.1. The number of aromatic nitrogens is 4. The predicted octanol–water partition coefficient (Wildman–Crippen LogP) is 3.68. The minimum atomic E-state index is -0.651. The molecule has 0 saturated carbocycles. The topological polar surface area (TPSA) is 116 Å². The summed E-state index contributed by atoms with van der Waals surface area (Å²) in [5.41, 5.74) is 1.07. The van der Waals surface area contributed by atoms with Crippen LogP contribution in [0.25, 0.3) is 22.4 Å². The van der Waals surface area contributed by atoms with Crippen molar-refractivity contribution in [2.75, 3.05) is 6.61 Å². The Labute approximate surface area is 192 Å². The minimum absolute atomic E-state index is 0.110. The molecule has 176 valence electrons. The van der Waals surface area contributed by atoms with Gasteiger partial charge in [-0.1, -0.05) is 13.8 Å². The van der Waals surface area contributed by atoms with Gasteiger partial charge in [-0.15, -0.1) is 0 Å². The van der Waals surface area contributed by atoms with E-state index in [-0.39, 0.29) is 23.7 Å². The van der Waals surface area contributed by atoms with Crippen LogP contribution in [-0.2, 0) is 22.5 Å². The largest absolute Gasteiger partial charge is 0.493 e. The van der Waals surface area contributed by atoms with Crippen LogP contribution in [0.5, 0.6) is 5.75 Å². The summed E-state index contributed by atoms with van der Waals surface area (Å²) in [6, 6.07) is 5.05. The molecule has 0 saturated heterocycles. The van der Waals surface area contributed by atoms with Gasteiger partial charge in [-0.05, 0) is 58.7 Å². The molecule has 0 radical (unpaired) electrons. The first kappa shape index (κ1) is 24.2. The van der Waals surface area contributed by atoms with E-state index in [2.05, 4.69) is 15.1 Å². The van der Waals surface area contributed by atoms with Crippen LogP contribution >= 0.6 is 0 Å². The number of nitrogens with one attached hydrogen (secondary N) is 1. The number of benzene rings is 1. The number of fused-ring (bicyclic) bond motifs is 1. The van der Waals surface area contributed by atoms with Crippen molar-refractivity contribution in [3.05, 3.63) is 39.8 Å². The minimum Gasteiger partial charge on any atom is -0.493 e. The Morgan fingerprint density at radius 1 is 1.18 bits per heavy atom. The molecule has 0 unspecified atom stereocenters. The maximum absolute atomic E-state index is 13.1. The average molecular weight is 455 g/mol. The number of ketones is 1. The van der Waals surface area contributed by atoms with Gasteiger partial charge < -0.3 is 14.5 Å². The van der Waals surface area contributed by atoms with Crippen molar-refractivity contribution in [3.8, 4) is 17.1 Å². The Morgan fingerprint density at radius 3 is 2.52 bits per heavy atom. The second kappa shape index (κ2) is 9.56. The Hall–Kier alpha value is -3.49. The molecule has 0 bridgehead atoms. The van der Waals surface area contributed by atoms with Crippen molar-refractivity contribution in [2.45, 2.75) is 66.5 Å². The van der Waals surface area contributed by atoms with Gasteiger partial charge in [-0.25, -0.2) is 9.67 Å². The Kier molecular flexibility index (Phi) is 7.00. The molecule has 2 aromatic heterocycles. The third-order valence-electron chi connectivity index (χ3n) is 4.80. The number of rotatable bonds is 8. The predicted molar refractivity (Wildman–Crippen MR) is 125 cm³/mol. The number of esters is 1. The van der Waals surface area contributed by atoms with Gasteiger partial charge in [0.2, 0.25) is 0 Å². The molecular formula is C24H30N4O5. The zero-order valence-electron chi connectivity index (χ0n) is 19.9. The highest BCUT2D eigenvalue weighted by atomic mass is 16.6. The second-order valence-electron chi connectivity index (χ2n) is 8.77. The van der Waals surface area contributed by atoms with Gasteiger partial charge >= 0.3 is 5.97 Å². The number of aryl methyl sites for hydroxylation is 1. The molecule has 3 aromatic rings. The molecule has 0 atom stereocenters. The SMILES string of the molecule is CCCOc1ccc(C(C)=O)cc1-c1nc2c(CC)nn(CC(=O)OC(C)(C)C)c2c(=O)[nH]1. The molecule has 9 heteroatoms. The molecule has 0 aliphatic heterocycles. The van der Waals surface area contributed by atoms with Crippen molar-refractivity contribution >= 4 is 22.8 Å². The Balaban J connectivity index is 2.14. The summed E-state index contributed by atoms with van der Waals surface area (Å²) in [6.45, 7) is 11.0. The molecule has 0 aliphatic carbocycles. The van der Waals surface area contributed by atoms with Gasteiger partial charge in [0.05, 0.1) is 17.9 Å². The fraction of sp³-hybridized carbons (Fsp3) is 0.458. The highest BCUT2D eigenvalue weighted by molar-refractivity contribution is 5.95. The van der Waals surface area contributed by atoms with E-state index in [1.807, 2.05) is 13.8 Å². The molecule has 0 fully saturated rings. The molecule has 2 heterocycles. The number of hydrogen-bond acceptors (Lipinski definition) is 7. The molecule has 0 aliphatic rings. The maximum Gasteiger partial charge on any atom is 0.328 e.